The summed E-state index contributed by atoms with van der Waals surface area (Å²) in [6.45, 7) is 3.71. The Morgan fingerprint density at radius 1 is 0.738 bits per heavy atom. The molecule has 0 spiro atoms. The van der Waals surface area contributed by atoms with Gasteiger partial charge in [0, 0.05) is 5.02 Å². The molecule has 0 unspecified atom stereocenters. The molecule has 0 amide bonds. The van der Waals surface area contributed by atoms with E-state index in [0.717, 1.165) is 11.1 Å². The first-order chi connectivity index (χ1) is 20.1. The molecular formula is C31H25ClN4O4S2. The smallest absolute Gasteiger partial charge is 0.263 e. The van der Waals surface area contributed by atoms with Crippen LogP contribution in [0.5, 0.6) is 0 Å². The minimum absolute atomic E-state index is 0.00131. The molecule has 0 saturated carbocycles. The van der Waals surface area contributed by atoms with Gasteiger partial charge in [0.05, 0.1) is 26.9 Å². The molecule has 11 heteroatoms. The van der Waals surface area contributed by atoms with Crippen molar-refractivity contribution in [2.75, 3.05) is 4.72 Å². The SMILES string of the molecule is Cc1ccc(S(=O)(=O)c2c(NS(=O)(=O)c3ccc(Cl)cc3)n([C@H](C)c3ccccc3)c3nc4ccccc4nc23)cc1. The minimum Gasteiger partial charge on any atom is -0.302 e. The van der Waals surface area contributed by atoms with Gasteiger partial charge in [-0.3, -0.25) is 4.72 Å². The fraction of sp³-hybridized carbons (Fsp3) is 0.0968. The lowest BCUT2D eigenvalue weighted by Gasteiger charge is -2.20. The summed E-state index contributed by atoms with van der Waals surface area (Å²) in [7, 11) is -8.59. The van der Waals surface area contributed by atoms with Crippen LogP contribution in [-0.4, -0.2) is 31.4 Å². The molecule has 1 N–H and O–H groups in total. The molecule has 1 atom stereocenters. The number of sulfone groups is 1. The van der Waals surface area contributed by atoms with Crippen molar-refractivity contribution in [2.45, 2.75) is 34.6 Å². The molecule has 0 aliphatic carbocycles. The van der Waals surface area contributed by atoms with Gasteiger partial charge < -0.3 is 4.57 Å². The van der Waals surface area contributed by atoms with Crippen LogP contribution in [0.4, 0.5) is 5.82 Å². The maximum atomic E-state index is 14.4. The zero-order valence-corrected chi connectivity index (χ0v) is 25.0. The molecule has 8 nitrogen and oxygen atoms in total. The van der Waals surface area contributed by atoms with Gasteiger partial charge >= 0.3 is 0 Å². The normalized spacial score (nSPS) is 12.9. The lowest BCUT2D eigenvalue weighted by Crippen LogP contribution is -2.20. The number of benzene rings is 4. The number of rotatable bonds is 7. The first kappa shape index (κ1) is 27.9. The van der Waals surface area contributed by atoms with Gasteiger partial charge in [-0.25, -0.2) is 26.8 Å². The predicted octanol–water partition coefficient (Wildman–Crippen LogP) is 6.79. The molecule has 0 aliphatic rings. The molecule has 2 aromatic heterocycles. The van der Waals surface area contributed by atoms with Crippen molar-refractivity contribution >= 4 is 59.5 Å². The van der Waals surface area contributed by atoms with Crippen LogP contribution in [0.15, 0.2) is 118 Å². The summed E-state index contributed by atoms with van der Waals surface area (Å²) in [6, 6.07) is 27.9. The van der Waals surface area contributed by atoms with Gasteiger partial charge in [0.2, 0.25) is 9.84 Å². The lowest BCUT2D eigenvalue weighted by molar-refractivity contribution is 0.595. The molecule has 2 heterocycles. The average molecular weight is 617 g/mol. The fourth-order valence-electron chi connectivity index (χ4n) is 4.88. The zero-order chi connectivity index (χ0) is 29.6. The highest BCUT2D eigenvalue weighted by Crippen LogP contribution is 2.41. The average Bonchev–Trinajstić information content (AvgIpc) is 3.28. The first-order valence-corrected chi connectivity index (χ1v) is 16.4. The number of aromatic nitrogens is 3. The fourth-order valence-corrected chi connectivity index (χ4v) is 7.66. The number of para-hydroxylation sites is 2. The van der Waals surface area contributed by atoms with E-state index in [1.807, 2.05) is 50.2 Å². The number of anilines is 1. The third kappa shape index (κ3) is 4.91. The molecule has 4 aromatic carbocycles. The molecule has 6 rings (SSSR count). The maximum Gasteiger partial charge on any atom is 0.263 e. The Hall–Kier alpha value is -4.25. The highest BCUT2D eigenvalue weighted by molar-refractivity contribution is 7.93. The van der Waals surface area contributed by atoms with Crippen LogP contribution < -0.4 is 4.72 Å². The Kier molecular flexibility index (Phi) is 7.00. The van der Waals surface area contributed by atoms with Crippen LogP contribution in [-0.2, 0) is 19.9 Å². The molecule has 0 bridgehead atoms. The Labute approximate surface area is 248 Å². The van der Waals surface area contributed by atoms with Crippen molar-refractivity contribution in [3.63, 3.8) is 0 Å². The third-order valence-electron chi connectivity index (χ3n) is 7.08. The van der Waals surface area contributed by atoms with Crippen molar-refractivity contribution < 1.29 is 16.8 Å². The zero-order valence-electron chi connectivity index (χ0n) is 22.6. The molecule has 0 radical (unpaired) electrons. The van der Waals surface area contributed by atoms with Crippen LogP contribution >= 0.6 is 11.6 Å². The number of hydrogen-bond donors (Lipinski definition) is 1. The van der Waals surface area contributed by atoms with E-state index in [-0.39, 0.29) is 31.7 Å². The number of nitrogens with zero attached hydrogens (tertiary/aromatic N) is 3. The van der Waals surface area contributed by atoms with E-state index in [4.69, 9.17) is 21.6 Å². The lowest BCUT2D eigenvalue weighted by atomic mass is 10.1. The molecule has 212 valence electrons. The van der Waals surface area contributed by atoms with E-state index in [9.17, 15) is 16.8 Å². The van der Waals surface area contributed by atoms with Gasteiger partial charge in [0.15, 0.2) is 5.65 Å². The summed E-state index contributed by atoms with van der Waals surface area (Å²) in [5.41, 5.74) is 2.99. The largest absolute Gasteiger partial charge is 0.302 e. The van der Waals surface area contributed by atoms with Crippen LogP contribution in [0.2, 0.25) is 5.02 Å². The van der Waals surface area contributed by atoms with Crippen molar-refractivity contribution in [1.29, 1.82) is 0 Å². The van der Waals surface area contributed by atoms with Crippen LogP contribution in [0, 0.1) is 6.92 Å². The van der Waals surface area contributed by atoms with Crippen LogP contribution in [0.1, 0.15) is 24.1 Å². The quantitative estimate of drug-likeness (QED) is 0.211. The Bertz CT molecular complexity index is 2170. The number of aryl methyl sites for hydroxylation is 1. The number of fused-ring (bicyclic) bond motifs is 2. The van der Waals surface area contributed by atoms with E-state index < -0.39 is 25.9 Å². The Morgan fingerprint density at radius 2 is 1.31 bits per heavy atom. The van der Waals surface area contributed by atoms with E-state index >= 15 is 0 Å². The molecule has 0 aliphatic heterocycles. The number of sulfonamides is 1. The van der Waals surface area contributed by atoms with Gasteiger partial charge in [-0.15, -0.1) is 0 Å². The van der Waals surface area contributed by atoms with Gasteiger partial charge in [0.1, 0.15) is 16.2 Å². The van der Waals surface area contributed by atoms with Crippen molar-refractivity contribution in [3.8, 4) is 0 Å². The number of nitrogens with one attached hydrogen (secondary N) is 1. The van der Waals surface area contributed by atoms with E-state index in [1.165, 1.54) is 36.4 Å². The topological polar surface area (TPSA) is 111 Å². The molecule has 0 saturated heterocycles. The third-order valence-corrected chi connectivity index (χ3v) is 10.5. The van der Waals surface area contributed by atoms with Crippen molar-refractivity contribution in [2.24, 2.45) is 0 Å². The molecular weight excluding hydrogens is 592 g/mol. The van der Waals surface area contributed by atoms with Gasteiger partial charge in [-0.1, -0.05) is 71.8 Å². The standard InChI is InChI=1S/C31H25ClN4O4S2/c1-20-12-16-24(17-13-20)41(37,38)29-28-30(34-27-11-7-6-10-26(27)33-28)36(21(2)22-8-4-3-5-9-22)31(29)35-42(39,40)25-18-14-23(32)15-19-25/h3-19,21,35H,1-2H3/t21-/m1/s1. The van der Waals surface area contributed by atoms with Gasteiger partial charge in [-0.05, 0) is 67.9 Å². The van der Waals surface area contributed by atoms with Crippen molar-refractivity contribution in [1.82, 2.24) is 14.5 Å². The monoisotopic (exact) mass is 616 g/mol. The molecule has 42 heavy (non-hydrogen) atoms. The Balaban J connectivity index is 1.73. The Morgan fingerprint density at radius 3 is 1.95 bits per heavy atom. The van der Waals surface area contributed by atoms with E-state index in [1.54, 1.807) is 34.9 Å². The van der Waals surface area contributed by atoms with Crippen LogP contribution in [0.25, 0.3) is 22.2 Å². The second-order valence-corrected chi connectivity index (χ2v) is 13.9. The summed E-state index contributed by atoms with van der Waals surface area (Å²) in [5, 5.41) is 0.364. The highest BCUT2D eigenvalue weighted by atomic mass is 35.5. The second-order valence-electron chi connectivity index (χ2n) is 9.89. The summed E-state index contributed by atoms with van der Waals surface area (Å²) >= 11 is 6.01. The minimum atomic E-state index is -4.31. The number of halogens is 1. The molecule has 0 fully saturated rings. The predicted molar refractivity (Wildman–Crippen MR) is 164 cm³/mol. The first-order valence-electron chi connectivity index (χ1n) is 13.0. The van der Waals surface area contributed by atoms with Gasteiger partial charge in [0.25, 0.3) is 10.0 Å². The van der Waals surface area contributed by atoms with Gasteiger partial charge in [-0.2, -0.15) is 0 Å². The summed E-state index contributed by atoms with van der Waals surface area (Å²) in [6.07, 6.45) is 0. The maximum absolute atomic E-state index is 14.4. The molecule has 6 aromatic rings. The summed E-state index contributed by atoms with van der Waals surface area (Å²) in [4.78, 5) is 9.21. The van der Waals surface area contributed by atoms with Crippen molar-refractivity contribution in [3.05, 3.63) is 119 Å². The van der Waals surface area contributed by atoms with E-state index in [0.29, 0.717) is 16.1 Å². The van der Waals surface area contributed by atoms with E-state index in [2.05, 4.69) is 4.72 Å². The number of hydrogen-bond acceptors (Lipinski definition) is 6. The summed E-state index contributed by atoms with van der Waals surface area (Å²) in [5.74, 6) is -0.160. The van der Waals surface area contributed by atoms with Crippen LogP contribution in [0.3, 0.4) is 0 Å². The summed E-state index contributed by atoms with van der Waals surface area (Å²) < 4.78 is 60.6. The second kappa shape index (κ2) is 10.5. The highest BCUT2D eigenvalue weighted by Gasteiger charge is 2.35.